The summed E-state index contributed by atoms with van der Waals surface area (Å²) >= 11 is 24.4. The van der Waals surface area contributed by atoms with Crippen molar-refractivity contribution in [2.24, 2.45) is 0 Å². The Morgan fingerprint density at radius 3 is 1.97 bits per heavy atom. The lowest BCUT2D eigenvalue weighted by molar-refractivity contribution is 0.439. The average molecular weight is 494 g/mol. The summed E-state index contributed by atoms with van der Waals surface area (Å²) in [6, 6.07) is 11.5. The van der Waals surface area contributed by atoms with Crippen molar-refractivity contribution < 1.29 is 23.2 Å². The molecule has 0 heterocycles. The van der Waals surface area contributed by atoms with Gasteiger partial charge in [-0.1, -0.05) is 64.6 Å². The maximum absolute atomic E-state index is 13.0. The van der Waals surface area contributed by atoms with Crippen LogP contribution in [0.2, 0.25) is 20.1 Å². The van der Waals surface area contributed by atoms with Crippen LogP contribution in [-0.2, 0) is 14.9 Å². The number of hydrogen-bond donors (Lipinski definition) is 3. The number of hydrogen-bond acceptors (Lipinski definition) is 4. The number of benzene rings is 3. The third-order valence-corrected chi connectivity index (χ3v) is 7.07. The highest BCUT2D eigenvalue weighted by molar-refractivity contribution is 7.87. The largest absolute Gasteiger partial charge is 0.508 e. The Morgan fingerprint density at radius 1 is 0.759 bits per heavy atom. The number of rotatable bonds is 4. The number of halogens is 4. The normalized spacial score (nSPS) is 13.8. The van der Waals surface area contributed by atoms with Crippen molar-refractivity contribution >= 4 is 56.5 Å². The molecule has 5 nitrogen and oxygen atoms in total. The molecule has 29 heavy (non-hydrogen) atoms. The lowest BCUT2D eigenvalue weighted by Crippen LogP contribution is -2.38. The van der Waals surface area contributed by atoms with E-state index in [-0.39, 0.29) is 42.5 Å². The fraction of sp³-hybridized carbons (Fsp3) is 0.0526. The van der Waals surface area contributed by atoms with Crippen molar-refractivity contribution in [2.75, 3.05) is 0 Å². The predicted molar refractivity (Wildman–Crippen MR) is 114 cm³/mol. The monoisotopic (exact) mass is 492 g/mol. The molecule has 3 rings (SSSR count). The highest BCUT2D eigenvalue weighted by atomic mass is 35.5. The topological polar surface area (TPSA) is 94.8 Å². The molecule has 0 aliphatic carbocycles. The van der Waals surface area contributed by atoms with Gasteiger partial charge >= 0.3 is 0 Å². The molecule has 10 heteroatoms. The first kappa shape index (κ1) is 22.0. The van der Waals surface area contributed by atoms with Crippen LogP contribution in [0.1, 0.15) is 16.7 Å². The van der Waals surface area contributed by atoms with Crippen molar-refractivity contribution in [3.05, 3.63) is 91.4 Å². The van der Waals surface area contributed by atoms with E-state index in [1.807, 2.05) is 0 Å². The van der Waals surface area contributed by atoms with E-state index in [0.29, 0.717) is 0 Å². The lowest BCUT2D eigenvalue weighted by atomic mass is 9.83. The molecule has 3 N–H and O–H groups in total. The first-order chi connectivity index (χ1) is 13.5. The molecule has 1 atom stereocenters. The molecule has 3 aromatic carbocycles. The molecule has 0 bridgehead atoms. The maximum atomic E-state index is 13.0. The molecule has 3 aromatic rings. The second-order valence-corrected chi connectivity index (χ2v) is 9.34. The molecule has 0 aromatic heterocycles. The van der Waals surface area contributed by atoms with E-state index in [1.165, 1.54) is 30.3 Å². The van der Waals surface area contributed by atoms with Crippen molar-refractivity contribution in [1.82, 2.24) is 0 Å². The van der Waals surface area contributed by atoms with Crippen LogP contribution in [0.25, 0.3) is 0 Å². The van der Waals surface area contributed by atoms with Crippen LogP contribution in [0.3, 0.4) is 0 Å². The van der Waals surface area contributed by atoms with E-state index in [9.17, 15) is 23.2 Å². The standard InChI is InChI=1S/C19H12Cl4O5S/c20-11-5-10(6-12(24)7-11)19(29(26,27)28,13-3-1-2-4-15(13)21)14-8-16(22)17(23)9-18(14)25/h1-9,24-25H,(H,26,27,28). The minimum absolute atomic E-state index is 0.0142. The highest BCUT2D eigenvalue weighted by Gasteiger charge is 2.51. The van der Waals surface area contributed by atoms with Gasteiger partial charge in [0, 0.05) is 27.2 Å². The Bertz CT molecular complexity index is 1190. The third kappa shape index (κ3) is 3.77. The molecular weight excluding hydrogens is 482 g/mol. The van der Waals surface area contributed by atoms with E-state index < -0.39 is 20.6 Å². The van der Waals surface area contributed by atoms with Gasteiger partial charge in [-0.05, 0) is 35.9 Å². The molecule has 0 aliphatic heterocycles. The Kier molecular flexibility index (Phi) is 5.98. The van der Waals surface area contributed by atoms with E-state index in [2.05, 4.69) is 0 Å². The van der Waals surface area contributed by atoms with Gasteiger partial charge in [0.25, 0.3) is 10.1 Å². The molecule has 152 valence electrons. The molecule has 0 saturated carbocycles. The summed E-state index contributed by atoms with van der Waals surface area (Å²) in [5.74, 6) is -0.941. The zero-order valence-corrected chi connectivity index (χ0v) is 18.1. The van der Waals surface area contributed by atoms with E-state index in [1.54, 1.807) is 6.07 Å². The average Bonchev–Trinajstić information content (AvgIpc) is 2.59. The van der Waals surface area contributed by atoms with E-state index in [0.717, 1.165) is 18.2 Å². The minimum atomic E-state index is -5.11. The Morgan fingerprint density at radius 2 is 1.38 bits per heavy atom. The van der Waals surface area contributed by atoms with Gasteiger partial charge in [-0.2, -0.15) is 8.42 Å². The smallest absolute Gasteiger partial charge is 0.283 e. The van der Waals surface area contributed by atoms with Crippen molar-refractivity contribution in [2.45, 2.75) is 4.75 Å². The minimum Gasteiger partial charge on any atom is -0.508 e. The van der Waals surface area contributed by atoms with Gasteiger partial charge in [-0.15, -0.1) is 0 Å². The summed E-state index contributed by atoms with van der Waals surface area (Å²) in [5.41, 5.74) is -0.601. The molecular formula is C19H12Cl4O5S. The molecule has 0 amide bonds. The van der Waals surface area contributed by atoms with Gasteiger partial charge < -0.3 is 10.2 Å². The summed E-state index contributed by atoms with van der Waals surface area (Å²) in [6.07, 6.45) is 0. The fourth-order valence-corrected chi connectivity index (χ4v) is 5.42. The summed E-state index contributed by atoms with van der Waals surface area (Å²) in [7, 11) is -5.11. The summed E-state index contributed by atoms with van der Waals surface area (Å²) in [4.78, 5) is 0. The van der Waals surface area contributed by atoms with Crippen LogP contribution in [0.5, 0.6) is 11.5 Å². The quantitative estimate of drug-likeness (QED) is 0.311. The first-order valence-electron chi connectivity index (χ1n) is 7.89. The first-order valence-corrected chi connectivity index (χ1v) is 10.8. The van der Waals surface area contributed by atoms with Gasteiger partial charge in [0.15, 0.2) is 4.75 Å². The van der Waals surface area contributed by atoms with Crippen molar-refractivity contribution in [3.63, 3.8) is 0 Å². The van der Waals surface area contributed by atoms with Gasteiger partial charge in [-0.25, -0.2) is 0 Å². The number of phenolic OH excluding ortho intramolecular Hbond substituents is 2. The molecule has 0 radical (unpaired) electrons. The fourth-order valence-electron chi connectivity index (χ4n) is 3.23. The maximum Gasteiger partial charge on any atom is 0.283 e. The lowest BCUT2D eigenvalue weighted by Gasteiger charge is -2.34. The second kappa shape index (κ2) is 7.87. The van der Waals surface area contributed by atoms with Crippen LogP contribution >= 0.6 is 46.4 Å². The van der Waals surface area contributed by atoms with Crippen molar-refractivity contribution in [3.8, 4) is 11.5 Å². The molecule has 0 spiro atoms. The third-order valence-electron chi connectivity index (χ3n) is 4.35. The van der Waals surface area contributed by atoms with Crippen LogP contribution in [0.15, 0.2) is 54.6 Å². The molecule has 0 aliphatic rings. The Balaban J connectivity index is 2.63. The second-order valence-electron chi connectivity index (χ2n) is 6.12. The van der Waals surface area contributed by atoms with Crippen LogP contribution in [-0.4, -0.2) is 23.2 Å². The van der Waals surface area contributed by atoms with Gasteiger partial charge in [0.1, 0.15) is 11.5 Å². The zero-order valence-electron chi connectivity index (χ0n) is 14.3. The number of phenols is 2. The van der Waals surface area contributed by atoms with Gasteiger partial charge in [-0.3, -0.25) is 4.55 Å². The van der Waals surface area contributed by atoms with Gasteiger partial charge in [0.2, 0.25) is 0 Å². The molecule has 0 fully saturated rings. The van der Waals surface area contributed by atoms with Crippen LogP contribution in [0.4, 0.5) is 0 Å². The SMILES string of the molecule is O=S(=O)(O)C(c1cc(O)cc(Cl)c1)(c1cc(Cl)c(Cl)cc1O)c1ccccc1Cl. The van der Waals surface area contributed by atoms with E-state index in [4.69, 9.17) is 46.4 Å². The Labute approximate surface area is 186 Å². The zero-order chi connectivity index (χ0) is 21.6. The Hall–Kier alpha value is -1.67. The van der Waals surface area contributed by atoms with E-state index >= 15 is 0 Å². The summed E-state index contributed by atoms with van der Waals surface area (Å²) in [6.45, 7) is 0. The molecule has 1 unspecified atom stereocenters. The van der Waals surface area contributed by atoms with Crippen molar-refractivity contribution in [1.29, 1.82) is 0 Å². The molecule has 0 saturated heterocycles. The predicted octanol–water partition coefficient (Wildman–Crippen LogP) is 5.89. The summed E-state index contributed by atoms with van der Waals surface area (Å²) in [5, 5.41) is 20.5. The number of aromatic hydroxyl groups is 2. The van der Waals surface area contributed by atoms with Crippen LogP contribution in [0, 0.1) is 0 Å². The highest BCUT2D eigenvalue weighted by Crippen LogP contribution is 2.51. The van der Waals surface area contributed by atoms with Crippen LogP contribution < -0.4 is 0 Å². The van der Waals surface area contributed by atoms with Gasteiger partial charge in [0.05, 0.1) is 10.0 Å². The summed E-state index contributed by atoms with van der Waals surface area (Å²) < 4.78 is 33.9.